The molecule has 1 aromatic heterocycles. The third kappa shape index (κ3) is 1.67. The fourth-order valence-electron chi connectivity index (χ4n) is 3.09. The molecule has 2 aliphatic rings. The van der Waals surface area contributed by atoms with Crippen LogP contribution in [0.15, 0.2) is 18.5 Å². The summed E-state index contributed by atoms with van der Waals surface area (Å²) in [5, 5.41) is 0. The fourth-order valence-corrected chi connectivity index (χ4v) is 3.09. The van der Waals surface area contributed by atoms with Gasteiger partial charge >= 0.3 is 0 Å². The normalized spacial score (nSPS) is 34.9. The largest absolute Gasteiger partial charge is 0.324 e. The van der Waals surface area contributed by atoms with E-state index in [1.54, 1.807) is 0 Å². The van der Waals surface area contributed by atoms with Crippen LogP contribution in [0, 0.1) is 24.7 Å². The molecule has 0 amide bonds. The lowest BCUT2D eigenvalue weighted by atomic mass is 9.90. The molecule has 2 aliphatic carbocycles. The van der Waals surface area contributed by atoms with E-state index in [4.69, 9.17) is 5.73 Å². The molecule has 0 radical (unpaired) electrons. The number of rotatable bonds is 2. The quantitative estimate of drug-likeness (QED) is 0.800. The molecule has 0 saturated heterocycles. The summed E-state index contributed by atoms with van der Waals surface area (Å²) < 4.78 is 0. The molecule has 2 N–H and O–H groups in total. The van der Waals surface area contributed by atoms with Crippen LogP contribution in [-0.4, -0.2) is 4.98 Å². The number of hydrogen-bond acceptors (Lipinski definition) is 2. The van der Waals surface area contributed by atoms with E-state index >= 15 is 0 Å². The molecule has 3 atom stereocenters. The van der Waals surface area contributed by atoms with E-state index < -0.39 is 0 Å². The van der Waals surface area contributed by atoms with Crippen molar-refractivity contribution in [1.29, 1.82) is 0 Å². The predicted molar refractivity (Wildman–Crippen MR) is 60.2 cm³/mol. The molecule has 15 heavy (non-hydrogen) atoms. The molecule has 2 nitrogen and oxygen atoms in total. The van der Waals surface area contributed by atoms with Gasteiger partial charge in [-0.05, 0) is 55.1 Å². The highest BCUT2D eigenvalue weighted by atomic mass is 14.7. The third-order valence-corrected chi connectivity index (χ3v) is 4.07. The lowest BCUT2D eigenvalue weighted by molar-refractivity contribution is 0.403. The third-order valence-electron chi connectivity index (χ3n) is 4.07. The Bertz CT molecular complexity index is 365. The van der Waals surface area contributed by atoms with Crippen molar-refractivity contribution in [3.63, 3.8) is 0 Å². The highest BCUT2D eigenvalue weighted by molar-refractivity contribution is 5.21. The van der Waals surface area contributed by atoms with E-state index in [-0.39, 0.29) is 6.04 Å². The highest BCUT2D eigenvalue weighted by Gasteiger charge is 2.47. The summed E-state index contributed by atoms with van der Waals surface area (Å²) in [6.07, 6.45) is 7.98. The molecule has 1 heterocycles. The van der Waals surface area contributed by atoms with E-state index in [1.807, 2.05) is 12.4 Å². The zero-order chi connectivity index (χ0) is 10.4. The standard InChI is InChI=1S/C13H18N2/c1-8-2-12(7-15-6-8)13(14)11-4-9-3-10(9)5-11/h2,6-7,9-11,13H,3-5,14H2,1H3. The first-order valence-electron chi connectivity index (χ1n) is 5.91. The SMILES string of the molecule is Cc1cncc(C(N)C2CC3CC3C2)c1. The Morgan fingerprint density at radius 3 is 2.67 bits per heavy atom. The van der Waals surface area contributed by atoms with Crippen LogP contribution in [0.3, 0.4) is 0 Å². The molecule has 2 saturated carbocycles. The number of hydrogen-bond donors (Lipinski definition) is 1. The predicted octanol–water partition coefficient (Wildman–Crippen LogP) is 2.44. The first kappa shape index (κ1) is 9.34. The molecule has 2 fully saturated rings. The molecule has 1 aromatic rings. The zero-order valence-corrected chi connectivity index (χ0v) is 9.19. The molecule has 0 aliphatic heterocycles. The van der Waals surface area contributed by atoms with Gasteiger partial charge in [-0.15, -0.1) is 0 Å². The average Bonchev–Trinajstić information content (AvgIpc) is 2.85. The number of fused-ring (bicyclic) bond motifs is 1. The lowest BCUT2D eigenvalue weighted by Gasteiger charge is -2.20. The van der Waals surface area contributed by atoms with Gasteiger partial charge in [0.05, 0.1) is 0 Å². The van der Waals surface area contributed by atoms with Crippen LogP contribution in [0.1, 0.15) is 36.4 Å². The van der Waals surface area contributed by atoms with Crippen LogP contribution < -0.4 is 5.73 Å². The van der Waals surface area contributed by atoms with Gasteiger partial charge < -0.3 is 5.73 Å². The average molecular weight is 202 g/mol. The van der Waals surface area contributed by atoms with Crippen LogP contribution in [0.5, 0.6) is 0 Å². The molecule has 0 aromatic carbocycles. The zero-order valence-electron chi connectivity index (χ0n) is 9.19. The van der Waals surface area contributed by atoms with Crippen molar-refractivity contribution in [3.8, 4) is 0 Å². The Morgan fingerprint density at radius 2 is 2.00 bits per heavy atom. The Kier molecular flexibility index (Phi) is 2.06. The Morgan fingerprint density at radius 1 is 1.27 bits per heavy atom. The molecule has 3 rings (SSSR count). The Labute approximate surface area is 90.9 Å². The Balaban J connectivity index is 1.76. The minimum absolute atomic E-state index is 0.213. The van der Waals surface area contributed by atoms with E-state index in [9.17, 15) is 0 Å². The van der Waals surface area contributed by atoms with Crippen LogP contribution >= 0.6 is 0 Å². The van der Waals surface area contributed by atoms with Gasteiger partial charge in [-0.1, -0.05) is 6.07 Å². The number of aryl methyl sites for hydroxylation is 1. The lowest BCUT2D eigenvalue weighted by Crippen LogP contribution is -2.20. The highest BCUT2D eigenvalue weighted by Crippen LogP contribution is 2.56. The van der Waals surface area contributed by atoms with Crippen molar-refractivity contribution in [2.24, 2.45) is 23.5 Å². The topological polar surface area (TPSA) is 38.9 Å². The summed E-state index contributed by atoms with van der Waals surface area (Å²) in [5.74, 6) is 2.73. The number of aromatic nitrogens is 1. The van der Waals surface area contributed by atoms with Gasteiger partial charge in [-0.25, -0.2) is 0 Å². The van der Waals surface area contributed by atoms with Gasteiger partial charge in [0, 0.05) is 18.4 Å². The molecule has 3 unspecified atom stereocenters. The second-order valence-corrected chi connectivity index (χ2v) is 5.31. The van der Waals surface area contributed by atoms with Gasteiger partial charge in [-0.2, -0.15) is 0 Å². The number of nitrogens with two attached hydrogens (primary N) is 1. The summed E-state index contributed by atoms with van der Waals surface area (Å²) in [6, 6.07) is 2.40. The summed E-state index contributed by atoms with van der Waals surface area (Å²) in [6.45, 7) is 2.08. The minimum atomic E-state index is 0.213. The van der Waals surface area contributed by atoms with Crippen molar-refractivity contribution in [3.05, 3.63) is 29.6 Å². The number of pyridine rings is 1. The van der Waals surface area contributed by atoms with Crippen molar-refractivity contribution in [2.45, 2.75) is 32.2 Å². The van der Waals surface area contributed by atoms with Crippen LogP contribution in [0.4, 0.5) is 0 Å². The van der Waals surface area contributed by atoms with E-state index in [0.29, 0.717) is 5.92 Å². The van der Waals surface area contributed by atoms with Gasteiger partial charge in [0.15, 0.2) is 0 Å². The summed E-state index contributed by atoms with van der Waals surface area (Å²) in [4.78, 5) is 4.23. The molecule has 0 bridgehead atoms. The molecule has 0 spiro atoms. The minimum Gasteiger partial charge on any atom is -0.324 e. The maximum Gasteiger partial charge on any atom is 0.0339 e. The van der Waals surface area contributed by atoms with Gasteiger partial charge in [0.25, 0.3) is 0 Å². The molecular formula is C13H18N2. The maximum absolute atomic E-state index is 6.31. The van der Waals surface area contributed by atoms with Crippen LogP contribution in [0.25, 0.3) is 0 Å². The maximum atomic E-state index is 6.31. The second-order valence-electron chi connectivity index (χ2n) is 5.31. The van der Waals surface area contributed by atoms with Crippen molar-refractivity contribution in [1.82, 2.24) is 4.98 Å². The van der Waals surface area contributed by atoms with E-state index in [2.05, 4.69) is 18.0 Å². The number of nitrogens with zero attached hydrogens (tertiary/aromatic N) is 1. The van der Waals surface area contributed by atoms with Crippen LogP contribution in [-0.2, 0) is 0 Å². The molecule has 2 heteroatoms. The van der Waals surface area contributed by atoms with Gasteiger partial charge in [-0.3, -0.25) is 4.98 Å². The molecule has 80 valence electrons. The van der Waals surface area contributed by atoms with E-state index in [1.165, 1.54) is 30.4 Å². The summed E-state index contributed by atoms with van der Waals surface area (Å²) in [7, 11) is 0. The summed E-state index contributed by atoms with van der Waals surface area (Å²) in [5.41, 5.74) is 8.75. The Hall–Kier alpha value is -0.890. The van der Waals surface area contributed by atoms with Crippen molar-refractivity contribution in [2.75, 3.05) is 0 Å². The van der Waals surface area contributed by atoms with E-state index in [0.717, 1.165) is 11.8 Å². The van der Waals surface area contributed by atoms with Crippen molar-refractivity contribution < 1.29 is 0 Å². The first-order valence-corrected chi connectivity index (χ1v) is 5.91. The smallest absolute Gasteiger partial charge is 0.0339 e. The molecular weight excluding hydrogens is 184 g/mol. The van der Waals surface area contributed by atoms with Gasteiger partial charge in [0.1, 0.15) is 0 Å². The monoisotopic (exact) mass is 202 g/mol. The van der Waals surface area contributed by atoms with Crippen LogP contribution in [0.2, 0.25) is 0 Å². The second kappa shape index (κ2) is 3.31. The summed E-state index contributed by atoms with van der Waals surface area (Å²) >= 11 is 0. The fraction of sp³-hybridized carbons (Fsp3) is 0.615. The van der Waals surface area contributed by atoms with Crippen molar-refractivity contribution >= 4 is 0 Å². The first-order chi connectivity index (χ1) is 7.24. The van der Waals surface area contributed by atoms with Gasteiger partial charge in [0.2, 0.25) is 0 Å².